The second kappa shape index (κ2) is 5.87. The predicted octanol–water partition coefficient (Wildman–Crippen LogP) is 4.06. The van der Waals surface area contributed by atoms with Gasteiger partial charge < -0.3 is 4.98 Å². The number of benzene rings is 2. The summed E-state index contributed by atoms with van der Waals surface area (Å²) in [4.78, 5) is 6.95. The summed E-state index contributed by atoms with van der Waals surface area (Å²) in [6, 6.07) is 13.4. The average molecular weight is 284 g/mol. The first-order chi connectivity index (χ1) is 10.3. The maximum absolute atomic E-state index is 14.1. The monoisotopic (exact) mass is 284 g/mol. The van der Waals surface area contributed by atoms with E-state index in [1.807, 2.05) is 30.3 Å². The molecule has 2 aromatic carbocycles. The summed E-state index contributed by atoms with van der Waals surface area (Å²) in [6.45, 7) is 0. The molecule has 0 radical (unpaired) electrons. The topological polar surface area (TPSA) is 28.7 Å². The second-order valence-electron chi connectivity index (χ2n) is 4.88. The first-order valence-corrected chi connectivity index (χ1v) is 6.72. The largest absolute Gasteiger partial charge is 0.348 e. The third kappa shape index (κ3) is 2.84. The van der Waals surface area contributed by atoms with Gasteiger partial charge in [-0.05, 0) is 17.7 Å². The van der Waals surface area contributed by atoms with E-state index in [2.05, 4.69) is 9.97 Å². The van der Waals surface area contributed by atoms with Crippen molar-refractivity contribution in [2.45, 2.75) is 12.3 Å². The molecule has 3 rings (SSSR count). The van der Waals surface area contributed by atoms with Gasteiger partial charge in [-0.15, -0.1) is 0 Å². The quantitative estimate of drug-likeness (QED) is 0.769. The number of hydrogen-bond acceptors (Lipinski definition) is 1. The van der Waals surface area contributed by atoms with Crippen LogP contribution in [0.1, 0.15) is 22.7 Å². The van der Waals surface area contributed by atoms with Crippen LogP contribution in [0.5, 0.6) is 0 Å². The van der Waals surface area contributed by atoms with E-state index in [9.17, 15) is 8.78 Å². The fourth-order valence-electron chi connectivity index (χ4n) is 2.53. The predicted molar refractivity (Wildman–Crippen MR) is 76.9 cm³/mol. The van der Waals surface area contributed by atoms with E-state index < -0.39 is 17.6 Å². The molecule has 0 spiro atoms. The van der Waals surface area contributed by atoms with E-state index in [0.717, 1.165) is 11.3 Å². The van der Waals surface area contributed by atoms with E-state index >= 15 is 0 Å². The zero-order chi connectivity index (χ0) is 14.7. The van der Waals surface area contributed by atoms with Gasteiger partial charge in [-0.25, -0.2) is 13.8 Å². The number of halogens is 2. The molecule has 0 amide bonds. The van der Waals surface area contributed by atoms with Gasteiger partial charge in [0.25, 0.3) is 0 Å². The van der Waals surface area contributed by atoms with Crippen molar-refractivity contribution >= 4 is 0 Å². The van der Waals surface area contributed by atoms with Crippen LogP contribution in [0.4, 0.5) is 8.78 Å². The number of hydrogen-bond donors (Lipinski definition) is 1. The normalized spacial score (nSPS) is 12.3. The minimum absolute atomic E-state index is 0.0956. The van der Waals surface area contributed by atoms with Gasteiger partial charge in [-0.1, -0.05) is 36.4 Å². The van der Waals surface area contributed by atoms with Gasteiger partial charge in [0, 0.05) is 29.8 Å². The Balaban J connectivity index is 2.08. The average Bonchev–Trinajstić information content (AvgIpc) is 3.00. The highest BCUT2D eigenvalue weighted by Crippen LogP contribution is 2.31. The Kier molecular flexibility index (Phi) is 3.77. The van der Waals surface area contributed by atoms with Gasteiger partial charge >= 0.3 is 0 Å². The van der Waals surface area contributed by atoms with Crippen molar-refractivity contribution in [1.82, 2.24) is 9.97 Å². The molecule has 4 heteroatoms. The fraction of sp³-hybridized carbons (Fsp3) is 0.118. The van der Waals surface area contributed by atoms with E-state index in [-0.39, 0.29) is 5.56 Å². The SMILES string of the molecule is Fc1cccc(F)c1C(Cc1cnc[nH]1)c1ccccc1. The molecule has 0 aliphatic carbocycles. The lowest BCUT2D eigenvalue weighted by molar-refractivity contribution is 0.538. The van der Waals surface area contributed by atoms with Gasteiger partial charge in [0.05, 0.1) is 6.33 Å². The van der Waals surface area contributed by atoms with E-state index in [1.165, 1.54) is 18.2 Å². The molecule has 106 valence electrons. The summed E-state index contributed by atoms with van der Waals surface area (Å²) in [7, 11) is 0. The van der Waals surface area contributed by atoms with Gasteiger partial charge in [0.1, 0.15) is 11.6 Å². The van der Waals surface area contributed by atoms with Gasteiger partial charge in [0.15, 0.2) is 0 Å². The number of nitrogens with zero attached hydrogens (tertiary/aromatic N) is 1. The molecule has 1 aromatic heterocycles. The number of imidazole rings is 1. The first-order valence-electron chi connectivity index (χ1n) is 6.72. The lowest BCUT2D eigenvalue weighted by atomic mass is 9.87. The third-order valence-electron chi connectivity index (χ3n) is 3.53. The fourth-order valence-corrected chi connectivity index (χ4v) is 2.53. The van der Waals surface area contributed by atoms with Crippen molar-refractivity contribution in [2.75, 3.05) is 0 Å². The number of nitrogens with one attached hydrogen (secondary N) is 1. The molecule has 0 aliphatic heterocycles. The Morgan fingerprint density at radius 1 is 0.952 bits per heavy atom. The van der Waals surface area contributed by atoms with Crippen molar-refractivity contribution in [2.24, 2.45) is 0 Å². The molecule has 1 N–H and O–H groups in total. The van der Waals surface area contributed by atoms with Crippen LogP contribution in [-0.2, 0) is 6.42 Å². The molecule has 1 heterocycles. The number of aromatic nitrogens is 2. The van der Waals surface area contributed by atoms with Crippen molar-refractivity contribution in [3.63, 3.8) is 0 Å². The summed E-state index contributed by atoms with van der Waals surface area (Å²) in [5.41, 5.74) is 1.81. The Morgan fingerprint density at radius 3 is 2.29 bits per heavy atom. The van der Waals surface area contributed by atoms with Crippen LogP contribution in [-0.4, -0.2) is 9.97 Å². The molecule has 0 bridgehead atoms. The van der Waals surface area contributed by atoms with Crippen LogP contribution >= 0.6 is 0 Å². The second-order valence-corrected chi connectivity index (χ2v) is 4.88. The molecular weight excluding hydrogens is 270 g/mol. The Morgan fingerprint density at radius 2 is 1.67 bits per heavy atom. The number of H-pyrrole nitrogens is 1. The van der Waals surface area contributed by atoms with Crippen LogP contribution in [0, 0.1) is 11.6 Å². The summed E-state index contributed by atoms with van der Waals surface area (Å²) in [5.74, 6) is -1.44. The third-order valence-corrected chi connectivity index (χ3v) is 3.53. The zero-order valence-corrected chi connectivity index (χ0v) is 11.3. The van der Waals surface area contributed by atoms with Crippen molar-refractivity contribution < 1.29 is 8.78 Å². The van der Waals surface area contributed by atoms with Crippen LogP contribution in [0.15, 0.2) is 61.1 Å². The highest BCUT2D eigenvalue weighted by molar-refractivity contribution is 5.35. The van der Waals surface area contributed by atoms with Crippen molar-refractivity contribution in [3.8, 4) is 0 Å². The van der Waals surface area contributed by atoms with Gasteiger partial charge in [-0.2, -0.15) is 0 Å². The van der Waals surface area contributed by atoms with Crippen LogP contribution in [0.2, 0.25) is 0 Å². The lowest BCUT2D eigenvalue weighted by Gasteiger charge is -2.18. The molecule has 0 saturated heterocycles. The van der Waals surface area contributed by atoms with Crippen LogP contribution in [0.25, 0.3) is 0 Å². The molecule has 0 fully saturated rings. The van der Waals surface area contributed by atoms with Crippen LogP contribution in [0.3, 0.4) is 0 Å². The number of rotatable bonds is 4. The maximum atomic E-state index is 14.1. The van der Waals surface area contributed by atoms with E-state index in [0.29, 0.717) is 6.42 Å². The zero-order valence-electron chi connectivity index (χ0n) is 11.3. The van der Waals surface area contributed by atoms with Crippen molar-refractivity contribution in [3.05, 3.63) is 89.5 Å². The Labute approximate surface area is 121 Å². The van der Waals surface area contributed by atoms with Gasteiger partial charge in [-0.3, -0.25) is 0 Å². The summed E-state index contributed by atoms with van der Waals surface area (Å²) in [6.07, 6.45) is 3.70. The standard InChI is InChI=1S/C17H14F2N2/c18-15-7-4-8-16(19)17(15)14(9-13-10-20-11-21-13)12-5-2-1-3-6-12/h1-8,10-11,14H,9H2,(H,20,21). The summed E-state index contributed by atoms with van der Waals surface area (Å²) >= 11 is 0. The lowest BCUT2D eigenvalue weighted by Crippen LogP contribution is -2.10. The van der Waals surface area contributed by atoms with Gasteiger partial charge in [0.2, 0.25) is 0 Å². The number of aromatic amines is 1. The first kappa shape index (κ1) is 13.5. The minimum Gasteiger partial charge on any atom is -0.348 e. The molecule has 0 saturated carbocycles. The summed E-state index contributed by atoms with van der Waals surface area (Å²) < 4.78 is 28.3. The molecule has 2 nitrogen and oxygen atoms in total. The van der Waals surface area contributed by atoms with Crippen LogP contribution < -0.4 is 0 Å². The van der Waals surface area contributed by atoms with E-state index in [1.54, 1.807) is 12.5 Å². The smallest absolute Gasteiger partial charge is 0.129 e. The molecule has 3 aromatic rings. The molecule has 0 aliphatic rings. The highest BCUT2D eigenvalue weighted by Gasteiger charge is 2.22. The molecule has 1 atom stereocenters. The Hall–Kier alpha value is -2.49. The summed E-state index contributed by atoms with van der Waals surface area (Å²) in [5, 5.41) is 0. The molecular formula is C17H14F2N2. The molecule has 21 heavy (non-hydrogen) atoms. The van der Waals surface area contributed by atoms with Crippen molar-refractivity contribution in [1.29, 1.82) is 0 Å². The highest BCUT2D eigenvalue weighted by atomic mass is 19.1. The minimum atomic E-state index is -0.525. The Bertz CT molecular complexity index is 689. The maximum Gasteiger partial charge on any atom is 0.129 e. The molecule has 1 unspecified atom stereocenters. The van der Waals surface area contributed by atoms with E-state index in [4.69, 9.17) is 0 Å².